The second-order valence-electron chi connectivity index (χ2n) is 9.64. The first-order valence-electron chi connectivity index (χ1n) is 13.4. The first kappa shape index (κ1) is 28.5. The summed E-state index contributed by atoms with van der Waals surface area (Å²) in [4.78, 5) is 54.4. The van der Waals surface area contributed by atoms with Crippen molar-refractivity contribution in [1.29, 1.82) is 0 Å². The highest BCUT2D eigenvalue weighted by Crippen LogP contribution is 2.21. The van der Waals surface area contributed by atoms with Crippen molar-refractivity contribution >= 4 is 34.4 Å². The molecule has 0 bridgehead atoms. The van der Waals surface area contributed by atoms with Gasteiger partial charge in [-0.05, 0) is 54.3 Å². The molecule has 4 rings (SSSR count). The topological polar surface area (TPSA) is 98.8 Å². The molecule has 1 aliphatic rings. The Morgan fingerprint density at radius 1 is 0.850 bits per heavy atom. The van der Waals surface area contributed by atoms with Gasteiger partial charge in [0.2, 0.25) is 11.8 Å². The number of carbonyl (C=O) groups excluding carboxylic acids is 4. The van der Waals surface area contributed by atoms with Crippen LogP contribution in [0.15, 0.2) is 79.4 Å². The first-order chi connectivity index (χ1) is 19.4. The van der Waals surface area contributed by atoms with E-state index >= 15 is 0 Å². The van der Waals surface area contributed by atoms with Crippen LogP contribution in [0.1, 0.15) is 40.0 Å². The molecule has 3 aromatic rings. The van der Waals surface area contributed by atoms with Crippen LogP contribution in [0.4, 0.5) is 4.39 Å². The van der Waals surface area contributed by atoms with Crippen LogP contribution < -0.4 is 10.6 Å². The lowest BCUT2D eigenvalue weighted by Gasteiger charge is -2.36. The summed E-state index contributed by atoms with van der Waals surface area (Å²) >= 11 is 0. The molecule has 0 radical (unpaired) electrons. The molecule has 208 valence electrons. The normalized spacial score (nSPS) is 13.9. The molecule has 4 amide bonds. The Hall–Kier alpha value is -4.53. The van der Waals surface area contributed by atoms with Crippen LogP contribution in [0, 0.1) is 5.82 Å². The number of carbonyl (C=O) groups is 4. The first-order valence-corrected chi connectivity index (χ1v) is 13.4. The third-order valence-corrected chi connectivity index (χ3v) is 7.02. The molecule has 3 aromatic carbocycles. The second kappa shape index (κ2) is 13.5. The van der Waals surface area contributed by atoms with Crippen molar-refractivity contribution in [1.82, 2.24) is 20.4 Å². The zero-order chi connectivity index (χ0) is 28.5. The fraction of sp³-hybridized carbons (Fsp3) is 0.290. The van der Waals surface area contributed by atoms with E-state index in [1.807, 2.05) is 42.5 Å². The van der Waals surface area contributed by atoms with Crippen LogP contribution in [0.25, 0.3) is 10.8 Å². The van der Waals surface area contributed by atoms with E-state index in [0.29, 0.717) is 57.5 Å². The molecular weight excluding hydrogens is 511 g/mol. The molecule has 0 saturated carbocycles. The van der Waals surface area contributed by atoms with E-state index < -0.39 is 17.8 Å². The number of amides is 4. The highest BCUT2D eigenvalue weighted by Gasteiger charge is 2.31. The predicted octanol–water partition coefficient (Wildman–Crippen LogP) is 3.53. The van der Waals surface area contributed by atoms with E-state index in [1.54, 1.807) is 15.9 Å². The lowest BCUT2D eigenvalue weighted by atomic mass is 10.0. The highest BCUT2D eigenvalue weighted by atomic mass is 19.1. The monoisotopic (exact) mass is 544 g/mol. The number of halogens is 1. The minimum absolute atomic E-state index is 0.0881. The standard InChI is InChI=1S/C31H33FN4O4/c1-2-28(37)33-17-8-7-16-27(34-29(38)25-13-5-6-15-26(25)32)31(40)36-20-18-35(19-21-36)30(39)24-14-9-11-22-10-3-4-12-23(22)24/h2-6,9-15,27H,1,7-8,16-21H2,(H,33,37)(H,34,38)/t27-/m0/s1. The van der Waals surface area contributed by atoms with E-state index in [9.17, 15) is 23.6 Å². The number of hydrogen-bond acceptors (Lipinski definition) is 4. The molecule has 1 aliphatic heterocycles. The van der Waals surface area contributed by atoms with Crippen molar-refractivity contribution < 1.29 is 23.6 Å². The lowest BCUT2D eigenvalue weighted by molar-refractivity contribution is -0.135. The van der Waals surface area contributed by atoms with Gasteiger partial charge in [-0.2, -0.15) is 0 Å². The number of fused-ring (bicyclic) bond motifs is 1. The molecule has 1 heterocycles. The Bertz CT molecular complexity index is 1400. The Balaban J connectivity index is 1.40. The van der Waals surface area contributed by atoms with Crippen molar-refractivity contribution in [2.75, 3.05) is 32.7 Å². The molecule has 40 heavy (non-hydrogen) atoms. The average molecular weight is 545 g/mol. The fourth-order valence-electron chi connectivity index (χ4n) is 4.83. The van der Waals surface area contributed by atoms with Crippen LogP contribution in [0.2, 0.25) is 0 Å². The van der Waals surface area contributed by atoms with E-state index in [-0.39, 0.29) is 23.3 Å². The van der Waals surface area contributed by atoms with Gasteiger partial charge in [-0.3, -0.25) is 19.2 Å². The van der Waals surface area contributed by atoms with Gasteiger partial charge in [0.05, 0.1) is 5.56 Å². The molecule has 0 unspecified atom stereocenters. The van der Waals surface area contributed by atoms with Gasteiger partial charge in [-0.15, -0.1) is 0 Å². The van der Waals surface area contributed by atoms with Crippen LogP contribution in [-0.4, -0.2) is 72.2 Å². The van der Waals surface area contributed by atoms with Gasteiger partial charge in [-0.25, -0.2) is 4.39 Å². The molecule has 1 atom stereocenters. The second-order valence-corrected chi connectivity index (χ2v) is 9.64. The zero-order valence-corrected chi connectivity index (χ0v) is 22.3. The fourth-order valence-corrected chi connectivity index (χ4v) is 4.83. The summed E-state index contributed by atoms with van der Waals surface area (Å²) in [6.07, 6.45) is 2.64. The Kier molecular flexibility index (Phi) is 9.62. The van der Waals surface area contributed by atoms with Gasteiger partial charge < -0.3 is 20.4 Å². The van der Waals surface area contributed by atoms with E-state index in [2.05, 4.69) is 17.2 Å². The third-order valence-electron chi connectivity index (χ3n) is 7.02. The van der Waals surface area contributed by atoms with Crippen molar-refractivity contribution in [3.8, 4) is 0 Å². The summed E-state index contributed by atoms with van der Waals surface area (Å²) in [5, 5.41) is 7.26. The average Bonchev–Trinajstić information content (AvgIpc) is 2.99. The van der Waals surface area contributed by atoms with Crippen LogP contribution >= 0.6 is 0 Å². The van der Waals surface area contributed by atoms with E-state index in [4.69, 9.17) is 0 Å². The van der Waals surface area contributed by atoms with E-state index in [1.165, 1.54) is 24.3 Å². The molecule has 0 aliphatic carbocycles. The molecule has 0 aromatic heterocycles. The van der Waals surface area contributed by atoms with Crippen molar-refractivity contribution in [2.24, 2.45) is 0 Å². The molecule has 9 heteroatoms. The lowest BCUT2D eigenvalue weighted by Crippen LogP contribution is -2.56. The van der Waals surface area contributed by atoms with Crippen molar-refractivity contribution in [2.45, 2.75) is 25.3 Å². The Morgan fingerprint density at radius 3 is 2.25 bits per heavy atom. The van der Waals surface area contributed by atoms with Crippen LogP contribution in [-0.2, 0) is 9.59 Å². The summed E-state index contributed by atoms with van der Waals surface area (Å²) in [7, 11) is 0. The van der Waals surface area contributed by atoms with E-state index in [0.717, 1.165) is 10.8 Å². The maximum absolute atomic E-state index is 14.2. The summed E-state index contributed by atoms with van der Waals surface area (Å²) in [5.74, 6) is -1.98. The molecule has 1 fully saturated rings. The SMILES string of the molecule is C=CC(=O)NCCCC[C@H](NC(=O)c1ccccc1F)C(=O)N1CCN(C(=O)c2cccc3ccccc23)CC1. The quantitative estimate of drug-likeness (QED) is 0.301. The van der Waals surface area contributed by atoms with Gasteiger partial charge in [0, 0.05) is 38.3 Å². The number of unbranched alkanes of at least 4 members (excludes halogenated alkanes) is 1. The maximum atomic E-state index is 14.2. The zero-order valence-electron chi connectivity index (χ0n) is 22.3. The molecule has 8 nitrogen and oxygen atoms in total. The molecule has 2 N–H and O–H groups in total. The number of rotatable bonds is 10. The molecule has 0 spiro atoms. The van der Waals surface area contributed by atoms with Gasteiger partial charge in [0.15, 0.2) is 0 Å². The number of nitrogens with one attached hydrogen (secondary N) is 2. The van der Waals surface area contributed by atoms with Gasteiger partial charge in [0.1, 0.15) is 11.9 Å². The largest absolute Gasteiger partial charge is 0.353 e. The highest BCUT2D eigenvalue weighted by molar-refractivity contribution is 6.07. The van der Waals surface area contributed by atoms with Gasteiger partial charge in [-0.1, -0.05) is 55.1 Å². The third kappa shape index (κ3) is 6.91. The van der Waals surface area contributed by atoms with Crippen molar-refractivity contribution in [3.05, 3.63) is 96.3 Å². The van der Waals surface area contributed by atoms with Crippen LogP contribution in [0.5, 0.6) is 0 Å². The molecule has 1 saturated heterocycles. The predicted molar refractivity (Wildman–Crippen MR) is 151 cm³/mol. The number of nitrogens with zero attached hydrogens (tertiary/aromatic N) is 2. The van der Waals surface area contributed by atoms with Gasteiger partial charge in [0.25, 0.3) is 11.8 Å². The number of hydrogen-bond donors (Lipinski definition) is 2. The number of piperazine rings is 1. The summed E-state index contributed by atoms with van der Waals surface area (Å²) < 4.78 is 14.2. The van der Waals surface area contributed by atoms with Crippen LogP contribution in [0.3, 0.4) is 0 Å². The number of benzene rings is 3. The Morgan fingerprint density at radius 2 is 1.50 bits per heavy atom. The summed E-state index contributed by atoms with van der Waals surface area (Å²) in [6.45, 7) is 5.16. The summed E-state index contributed by atoms with van der Waals surface area (Å²) in [5.41, 5.74) is 0.487. The summed E-state index contributed by atoms with van der Waals surface area (Å²) in [6, 6.07) is 18.1. The smallest absolute Gasteiger partial charge is 0.254 e. The maximum Gasteiger partial charge on any atom is 0.254 e. The minimum atomic E-state index is -0.873. The molecular formula is C31H33FN4O4. The van der Waals surface area contributed by atoms with Crippen molar-refractivity contribution in [3.63, 3.8) is 0 Å². The Labute approximate surface area is 232 Å². The van der Waals surface area contributed by atoms with Gasteiger partial charge >= 0.3 is 0 Å². The minimum Gasteiger partial charge on any atom is -0.353 e.